The van der Waals surface area contributed by atoms with Crippen molar-refractivity contribution in [2.75, 3.05) is 6.61 Å². The van der Waals surface area contributed by atoms with Crippen LogP contribution >= 0.6 is 15.9 Å². The number of phenols is 1. The maximum atomic E-state index is 12.3. The monoisotopic (exact) mass is 508 g/mol. The maximum Gasteiger partial charge on any atom is 0.166 e. The van der Waals surface area contributed by atoms with Gasteiger partial charge in [-0.3, -0.25) is 4.79 Å². The average molecular weight is 509 g/mol. The lowest BCUT2D eigenvalue weighted by Gasteiger charge is -2.15. The lowest BCUT2D eigenvalue weighted by atomic mass is 10.0. The highest BCUT2D eigenvalue weighted by atomic mass is 79.9. The van der Waals surface area contributed by atoms with Crippen molar-refractivity contribution in [2.45, 2.75) is 26.9 Å². The number of ether oxygens (including phenoxy) is 3. The van der Waals surface area contributed by atoms with E-state index in [0.717, 1.165) is 16.9 Å². The summed E-state index contributed by atoms with van der Waals surface area (Å²) in [5, 5.41) is 10.5. The second kappa shape index (κ2) is 10.1. The summed E-state index contributed by atoms with van der Waals surface area (Å²) in [6.45, 7) is 4.76. The van der Waals surface area contributed by atoms with Crippen LogP contribution in [-0.2, 0) is 6.61 Å². The molecule has 0 aromatic heterocycles. The van der Waals surface area contributed by atoms with Crippen LogP contribution in [-0.4, -0.2) is 17.5 Å². The van der Waals surface area contributed by atoms with E-state index < -0.39 is 0 Å². The molecule has 0 spiro atoms. The standard InChI is InChI=1S/C27H25BrO5/c1-17(2)13-23(29)22-10-11-24(26(28)27(22)30)32-16-18-5-3-7-20(14-18)33-21-9-8-19-6-4-12-31-25(19)15-21/h3-11,14-15,17,30H,12-13,16H2,1-2H3. The molecule has 170 valence electrons. The van der Waals surface area contributed by atoms with Gasteiger partial charge in [0.05, 0.1) is 5.56 Å². The quantitative estimate of drug-likeness (QED) is 0.327. The zero-order valence-electron chi connectivity index (χ0n) is 18.5. The van der Waals surface area contributed by atoms with E-state index in [1.165, 1.54) is 0 Å². The number of rotatable bonds is 8. The number of aromatic hydroxyl groups is 1. The molecule has 0 aliphatic carbocycles. The van der Waals surface area contributed by atoms with Crippen LogP contribution in [0.2, 0.25) is 0 Å². The number of hydrogen-bond acceptors (Lipinski definition) is 5. The number of halogens is 1. The van der Waals surface area contributed by atoms with Gasteiger partial charge >= 0.3 is 0 Å². The minimum atomic E-state index is -0.0975. The largest absolute Gasteiger partial charge is 0.506 e. The first-order valence-corrected chi connectivity index (χ1v) is 11.6. The number of benzene rings is 3. The number of Topliss-reactive ketones (excluding diaryl/α,β-unsaturated/α-hetero) is 1. The van der Waals surface area contributed by atoms with Crippen LogP contribution in [0.15, 0.2) is 65.1 Å². The van der Waals surface area contributed by atoms with Crippen LogP contribution in [0.5, 0.6) is 28.7 Å². The van der Waals surface area contributed by atoms with E-state index in [4.69, 9.17) is 14.2 Å². The zero-order chi connectivity index (χ0) is 23.4. The third-order valence-corrected chi connectivity index (χ3v) is 5.89. The summed E-state index contributed by atoms with van der Waals surface area (Å²) >= 11 is 3.36. The molecule has 0 unspecified atom stereocenters. The SMILES string of the molecule is CC(C)CC(=O)c1ccc(OCc2cccc(Oc3ccc4c(c3)OCC=C4)c2)c(Br)c1O. The van der Waals surface area contributed by atoms with E-state index in [2.05, 4.69) is 15.9 Å². The number of fused-ring (bicyclic) bond motifs is 1. The van der Waals surface area contributed by atoms with Gasteiger partial charge in [-0.25, -0.2) is 0 Å². The van der Waals surface area contributed by atoms with Crippen molar-refractivity contribution in [3.05, 3.63) is 81.8 Å². The smallest absolute Gasteiger partial charge is 0.166 e. The average Bonchev–Trinajstić information content (AvgIpc) is 2.80. The number of hydrogen-bond donors (Lipinski definition) is 1. The van der Waals surface area contributed by atoms with Gasteiger partial charge in [0.2, 0.25) is 0 Å². The Kier molecular flexibility index (Phi) is 7.04. The summed E-state index contributed by atoms with van der Waals surface area (Å²) in [6.07, 6.45) is 4.38. The summed E-state index contributed by atoms with van der Waals surface area (Å²) in [4.78, 5) is 12.3. The van der Waals surface area contributed by atoms with Gasteiger partial charge in [0.15, 0.2) is 5.78 Å². The Morgan fingerprint density at radius 2 is 1.94 bits per heavy atom. The van der Waals surface area contributed by atoms with E-state index in [1.807, 2.05) is 68.5 Å². The molecule has 0 saturated carbocycles. The summed E-state index contributed by atoms with van der Waals surface area (Å²) in [5.41, 5.74) is 2.22. The van der Waals surface area contributed by atoms with Crippen LogP contribution in [0.25, 0.3) is 6.08 Å². The molecule has 0 fully saturated rings. The van der Waals surface area contributed by atoms with Crippen molar-refractivity contribution in [1.82, 2.24) is 0 Å². The summed E-state index contributed by atoms with van der Waals surface area (Å²) in [6, 6.07) is 16.6. The van der Waals surface area contributed by atoms with E-state index in [1.54, 1.807) is 12.1 Å². The van der Waals surface area contributed by atoms with Crippen LogP contribution in [0.1, 0.15) is 41.8 Å². The van der Waals surface area contributed by atoms with E-state index in [0.29, 0.717) is 40.3 Å². The highest BCUT2D eigenvalue weighted by Crippen LogP contribution is 2.38. The van der Waals surface area contributed by atoms with Crippen molar-refractivity contribution in [2.24, 2.45) is 5.92 Å². The molecule has 1 N–H and O–H groups in total. The Bertz CT molecular complexity index is 1200. The molecule has 0 radical (unpaired) electrons. The highest BCUT2D eigenvalue weighted by molar-refractivity contribution is 9.10. The third kappa shape index (κ3) is 5.57. The van der Waals surface area contributed by atoms with Gasteiger partial charge < -0.3 is 19.3 Å². The molecule has 5 nitrogen and oxygen atoms in total. The first kappa shape index (κ1) is 22.9. The summed E-state index contributed by atoms with van der Waals surface area (Å²) in [7, 11) is 0. The Morgan fingerprint density at radius 3 is 2.76 bits per heavy atom. The van der Waals surface area contributed by atoms with Crippen molar-refractivity contribution in [1.29, 1.82) is 0 Å². The Morgan fingerprint density at radius 1 is 1.12 bits per heavy atom. The lowest BCUT2D eigenvalue weighted by molar-refractivity contribution is 0.0965. The fraction of sp³-hybridized carbons (Fsp3) is 0.222. The van der Waals surface area contributed by atoms with Gasteiger partial charge in [0.1, 0.15) is 46.4 Å². The lowest BCUT2D eigenvalue weighted by Crippen LogP contribution is -2.05. The maximum absolute atomic E-state index is 12.3. The third-order valence-electron chi connectivity index (χ3n) is 5.12. The van der Waals surface area contributed by atoms with Gasteiger partial charge in [-0.1, -0.05) is 32.1 Å². The molecule has 0 atom stereocenters. The van der Waals surface area contributed by atoms with E-state index in [-0.39, 0.29) is 24.1 Å². The first-order chi connectivity index (χ1) is 15.9. The van der Waals surface area contributed by atoms with Crippen molar-refractivity contribution in [3.63, 3.8) is 0 Å². The number of ketones is 1. The van der Waals surface area contributed by atoms with Gasteiger partial charge in [-0.2, -0.15) is 0 Å². The topological polar surface area (TPSA) is 65.0 Å². The minimum absolute atomic E-state index is 0.0943. The number of carbonyl (C=O) groups is 1. The zero-order valence-corrected chi connectivity index (χ0v) is 20.1. The molecule has 4 rings (SSSR count). The molecule has 0 saturated heterocycles. The van der Waals surface area contributed by atoms with Gasteiger partial charge in [0.25, 0.3) is 0 Å². The van der Waals surface area contributed by atoms with Crippen molar-refractivity contribution < 1.29 is 24.1 Å². The fourth-order valence-corrected chi connectivity index (χ4v) is 3.97. The predicted octanol–water partition coefficient (Wildman–Crippen LogP) is 7.16. The number of phenolic OH excluding ortho intramolecular Hbond substituents is 1. The fourth-order valence-electron chi connectivity index (χ4n) is 3.51. The molecule has 0 bridgehead atoms. The van der Waals surface area contributed by atoms with Crippen molar-refractivity contribution >= 4 is 27.8 Å². The Hall–Kier alpha value is -3.25. The Labute approximate surface area is 201 Å². The molecular formula is C27H25BrO5. The van der Waals surface area contributed by atoms with Gasteiger partial charge in [0, 0.05) is 18.1 Å². The van der Waals surface area contributed by atoms with E-state index >= 15 is 0 Å². The normalized spacial score (nSPS) is 12.2. The van der Waals surface area contributed by atoms with Crippen LogP contribution in [0, 0.1) is 5.92 Å². The highest BCUT2D eigenvalue weighted by Gasteiger charge is 2.18. The molecule has 6 heteroatoms. The van der Waals surface area contributed by atoms with E-state index in [9.17, 15) is 9.90 Å². The predicted molar refractivity (Wildman–Crippen MR) is 131 cm³/mol. The van der Waals surface area contributed by atoms with Gasteiger partial charge in [-0.05, 0) is 69.9 Å². The molecule has 3 aromatic carbocycles. The Balaban J connectivity index is 1.43. The van der Waals surface area contributed by atoms with Crippen LogP contribution < -0.4 is 14.2 Å². The molecule has 33 heavy (non-hydrogen) atoms. The molecule has 1 aliphatic rings. The minimum Gasteiger partial charge on any atom is -0.506 e. The second-order valence-corrected chi connectivity index (χ2v) is 9.04. The molecule has 1 heterocycles. The van der Waals surface area contributed by atoms with Crippen molar-refractivity contribution in [3.8, 4) is 28.7 Å². The molecule has 3 aromatic rings. The number of carbonyl (C=O) groups excluding carboxylic acids is 1. The van der Waals surface area contributed by atoms with Gasteiger partial charge in [-0.15, -0.1) is 0 Å². The molecular weight excluding hydrogens is 484 g/mol. The van der Waals surface area contributed by atoms with Crippen LogP contribution in [0.3, 0.4) is 0 Å². The van der Waals surface area contributed by atoms with Crippen LogP contribution in [0.4, 0.5) is 0 Å². The first-order valence-electron chi connectivity index (χ1n) is 10.8. The molecule has 0 amide bonds. The molecule has 1 aliphatic heterocycles. The second-order valence-electron chi connectivity index (χ2n) is 8.25. The summed E-state index contributed by atoms with van der Waals surface area (Å²) < 4.78 is 17.9. The summed E-state index contributed by atoms with van der Waals surface area (Å²) in [5.74, 6) is 2.65.